The van der Waals surface area contributed by atoms with Gasteiger partial charge in [0.25, 0.3) is 0 Å². The minimum atomic E-state index is 0.111. The summed E-state index contributed by atoms with van der Waals surface area (Å²) in [6, 6.07) is 11.0. The Morgan fingerprint density at radius 3 is 2.37 bits per heavy atom. The predicted molar refractivity (Wildman–Crippen MR) is 82.0 cm³/mol. The maximum atomic E-state index is 6.43. The third-order valence-electron chi connectivity index (χ3n) is 4.72. The van der Waals surface area contributed by atoms with Gasteiger partial charge < -0.3 is 5.73 Å². The van der Waals surface area contributed by atoms with Crippen LogP contribution in [0.3, 0.4) is 0 Å². The van der Waals surface area contributed by atoms with Crippen molar-refractivity contribution < 1.29 is 0 Å². The molecule has 1 aliphatic heterocycles. The molecule has 1 aromatic rings. The van der Waals surface area contributed by atoms with Crippen molar-refractivity contribution >= 4 is 0 Å². The zero-order valence-electron chi connectivity index (χ0n) is 12.8. The van der Waals surface area contributed by atoms with E-state index in [1.807, 2.05) is 6.07 Å². The van der Waals surface area contributed by atoms with Gasteiger partial charge in [-0.05, 0) is 36.8 Å². The van der Waals surface area contributed by atoms with Gasteiger partial charge in [-0.2, -0.15) is 0 Å². The number of nitrogens with two attached hydrogens (primary N) is 1. The highest BCUT2D eigenvalue weighted by Gasteiger charge is 2.35. The zero-order chi connectivity index (χ0) is 14.0. The minimum absolute atomic E-state index is 0.111. The monoisotopic (exact) mass is 260 g/mol. The number of hydrogen-bond acceptors (Lipinski definition) is 2. The van der Waals surface area contributed by atoms with Crippen LogP contribution in [0.1, 0.15) is 45.7 Å². The summed E-state index contributed by atoms with van der Waals surface area (Å²) in [5.41, 5.74) is 8.08. The molecular weight excluding hydrogens is 232 g/mol. The molecule has 2 N–H and O–H groups in total. The summed E-state index contributed by atoms with van der Waals surface area (Å²) in [6.45, 7) is 11.7. The van der Waals surface area contributed by atoms with Crippen molar-refractivity contribution in [2.75, 3.05) is 13.1 Å². The summed E-state index contributed by atoms with van der Waals surface area (Å²) in [5, 5.41) is 0. The summed E-state index contributed by atoms with van der Waals surface area (Å²) in [4.78, 5) is 2.56. The van der Waals surface area contributed by atoms with Crippen LogP contribution >= 0.6 is 0 Å². The van der Waals surface area contributed by atoms with Crippen molar-refractivity contribution in [1.29, 1.82) is 0 Å². The largest absolute Gasteiger partial charge is 0.323 e. The lowest BCUT2D eigenvalue weighted by atomic mass is 9.80. The Balaban J connectivity index is 2.00. The highest BCUT2D eigenvalue weighted by Crippen LogP contribution is 2.35. The fourth-order valence-corrected chi connectivity index (χ4v) is 3.04. The molecular formula is C17H28N2. The molecule has 0 aromatic heterocycles. The first-order chi connectivity index (χ1) is 8.89. The van der Waals surface area contributed by atoms with Crippen LogP contribution in [0.15, 0.2) is 30.3 Å². The molecule has 0 spiro atoms. The van der Waals surface area contributed by atoms with Crippen LogP contribution in [0.4, 0.5) is 0 Å². The summed E-state index contributed by atoms with van der Waals surface area (Å²) >= 11 is 0. The molecule has 0 saturated carbocycles. The Labute approximate surface area is 118 Å². The van der Waals surface area contributed by atoms with Gasteiger partial charge in [0, 0.05) is 18.6 Å². The van der Waals surface area contributed by atoms with Crippen LogP contribution in [0, 0.1) is 11.3 Å². The molecule has 1 aliphatic rings. The van der Waals surface area contributed by atoms with E-state index in [9.17, 15) is 0 Å². The summed E-state index contributed by atoms with van der Waals surface area (Å²) < 4.78 is 0. The van der Waals surface area contributed by atoms with Gasteiger partial charge >= 0.3 is 0 Å². The first kappa shape index (κ1) is 14.5. The fourth-order valence-electron chi connectivity index (χ4n) is 3.04. The second-order valence-electron chi connectivity index (χ2n) is 7.02. The molecule has 0 radical (unpaired) electrons. The molecule has 0 aliphatic carbocycles. The highest BCUT2D eigenvalue weighted by atomic mass is 15.2. The normalized spacial score (nSPS) is 24.4. The van der Waals surface area contributed by atoms with E-state index < -0.39 is 0 Å². The first-order valence-corrected chi connectivity index (χ1v) is 7.44. The van der Waals surface area contributed by atoms with Gasteiger partial charge in [0.1, 0.15) is 0 Å². The third kappa shape index (κ3) is 3.37. The average molecular weight is 260 g/mol. The van der Waals surface area contributed by atoms with Crippen molar-refractivity contribution in [2.45, 2.75) is 46.2 Å². The van der Waals surface area contributed by atoms with Crippen LogP contribution in [-0.4, -0.2) is 24.0 Å². The lowest BCUT2D eigenvalue weighted by Gasteiger charge is -2.32. The van der Waals surface area contributed by atoms with Gasteiger partial charge in [0.05, 0.1) is 0 Å². The Kier molecular flexibility index (Phi) is 4.32. The molecule has 19 heavy (non-hydrogen) atoms. The number of likely N-dealkylation sites (tertiary alicyclic amines) is 1. The number of rotatable bonds is 3. The number of nitrogens with zero attached hydrogens (tertiary/aromatic N) is 1. The Morgan fingerprint density at radius 2 is 1.84 bits per heavy atom. The molecule has 1 saturated heterocycles. The van der Waals surface area contributed by atoms with E-state index in [0.717, 1.165) is 5.92 Å². The van der Waals surface area contributed by atoms with Gasteiger partial charge in [-0.15, -0.1) is 0 Å². The Bertz CT molecular complexity index is 393. The lowest BCUT2D eigenvalue weighted by Crippen LogP contribution is -2.40. The van der Waals surface area contributed by atoms with Crippen molar-refractivity contribution in [2.24, 2.45) is 17.1 Å². The van der Waals surface area contributed by atoms with E-state index in [2.05, 4.69) is 56.9 Å². The molecule has 0 bridgehead atoms. The summed E-state index contributed by atoms with van der Waals surface area (Å²) in [6.07, 6.45) is 1.30. The van der Waals surface area contributed by atoms with Gasteiger partial charge in [-0.1, -0.05) is 51.1 Å². The van der Waals surface area contributed by atoms with Gasteiger partial charge in [-0.25, -0.2) is 0 Å². The SMILES string of the molecule is CC(C(N)c1ccccc1)N1CCC(C(C)(C)C)C1. The fraction of sp³-hybridized carbons (Fsp3) is 0.647. The quantitative estimate of drug-likeness (QED) is 0.902. The van der Waals surface area contributed by atoms with E-state index in [-0.39, 0.29) is 6.04 Å². The molecule has 2 heteroatoms. The standard InChI is InChI=1S/C17H28N2/c1-13(16(18)14-8-6-5-7-9-14)19-11-10-15(12-19)17(2,3)4/h5-9,13,15-16H,10-12,18H2,1-4H3. The molecule has 2 rings (SSSR count). The van der Waals surface area contributed by atoms with Crippen molar-refractivity contribution in [3.05, 3.63) is 35.9 Å². The first-order valence-electron chi connectivity index (χ1n) is 7.44. The van der Waals surface area contributed by atoms with E-state index in [4.69, 9.17) is 5.73 Å². The lowest BCUT2D eigenvalue weighted by molar-refractivity contribution is 0.186. The summed E-state index contributed by atoms with van der Waals surface area (Å²) in [5.74, 6) is 0.790. The van der Waals surface area contributed by atoms with Crippen LogP contribution in [0.2, 0.25) is 0 Å². The molecule has 1 heterocycles. The molecule has 1 aromatic carbocycles. The second kappa shape index (κ2) is 5.64. The summed E-state index contributed by atoms with van der Waals surface area (Å²) in [7, 11) is 0. The van der Waals surface area contributed by atoms with Crippen LogP contribution in [-0.2, 0) is 0 Å². The number of hydrogen-bond donors (Lipinski definition) is 1. The average Bonchev–Trinajstić information content (AvgIpc) is 2.87. The molecule has 1 fully saturated rings. The van der Waals surface area contributed by atoms with E-state index in [1.165, 1.54) is 25.1 Å². The van der Waals surface area contributed by atoms with Crippen molar-refractivity contribution in [3.8, 4) is 0 Å². The maximum absolute atomic E-state index is 6.43. The van der Waals surface area contributed by atoms with Crippen LogP contribution in [0.5, 0.6) is 0 Å². The number of benzene rings is 1. The Morgan fingerprint density at radius 1 is 1.21 bits per heavy atom. The molecule has 2 nitrogen and oxygen atoms in total. The smallest absolute Gasteiger partial charge is 0.0450 e. The molecule has 3 atom stereocenters. The second-order valence-corrected chi connectivity index (χ2v) is 7.02. The van der Waals surface area contributed by atoms with Crippen molar-refractivity contribution in [3.63, 3.8) is 0 Å². The van der Waals surface area contributed by atoms with Gasteiger partial charge in [-0.3, -0.25) is 4.90 Å². The Hall–Kier alpha value is -0.860. The highest BCUT2D eigenvalue weighted by molar-refractivity contribution is 5.20. The van der Waals surface area contributed by atoms with Crippen LogP contribution in [0.25, 0.3) is 0 Å². The van der Waals surface area contributed by atoms with E-state index >= 15 is 0 Å². The van der Waals surface area contributed by atoms with Crippen molar-refractivity contribution in [1.82, 2.24) is 4.90 Å². The topological polar surface area (TPSA) is 29.3 Å². The molecule has 0 amide bonds. The maximum Gasteiger partial charge on any atom is 0.0450 e. The van der Waals surface area contributed by atoms with E-state index in [0.29, 0.717) is 11.5 Å². The minimum Gasteiger partial charge on any atom is -0.323 e. The van der Waals surface area contributed by atoms with Crippen LogP contribution < -0.4 is 5.73 Å². The molecule has 3 unspecified atom stereocenters. The van der Waals surface area contributed by atoms with Gasteiger partial charge in [0.15, 0.2) is 0 Å². The van der Waals surface area contributed by atoms with E-state index in [1.54, 1.807) is 0 Å². The zero-order valence-corrected chi connectivity index (χ0v) is 12.8. The predicted octanol–water partition coefficient (Wildman–Crippen LogP) is 3.44. The third-order valence-corrected chi connectivity index (χ3v) is 4.72. The van der Waals surface area contributed by atoms with Gasteiger partial charge in [0.2, 0.25) is 0 Å². The molecule has 106 valence electrons.